The summed E-state index contributed by atoms with van der Waals surface area (Å²) in [5.74, 6) is 5.74. The van der Waals surface area contributed by atoms with Crippen LogP contribution in [0.4, 0.5) is 0 Å². The third-order valence-corrected chi connectivity index (χ3v) is 4.01. The van der Waals surface area contributed by atoms with Gasteiger partial charge in [0.1, 0.15) is 0 Å². The Morgan fingerprint density at radius 2 is 1.80 bits per heavy atom. The minimum Gasteiger partial charge on any atom is -0.271 e. The second-order valence-corrected chi connectivity index (χ2v) is 6.15. The zero-order valence-corrected chi connectivity index (χ0v) is 13.7. The number of hydrazine groups is 1. The molecule has 0 aliphatic rings. The summed E-state index contributed by atoms with van der Waals surface area (Å²) in [5.41, 5.74) is 9.25. The average Bonchev–Trinajstić information content (AvgIpc) is 2.38. The Bertz CT molecular complexity index is 587. The van der Waals surface area contributed by atoms with E-state index in [9.17, 15) is 0 Å². The van der Waals surface area contributed by atoms with Gasteiger partial charge in [-0.25, -0.2) is 0 Å². The van der Waals surface area contributed by atoms with Crippen LogP contribution in [0.2, 0.25) is 0 Å². The normalized spacial score (nSPS) is 12.4. The van der Waals surface area contributed by atoms with Gasteiger partial charge < -0.3 is 0 Å². The quantitative estimate of drug-likeness (QED) is 0.664. The topological polar surface area (TPSA) is 50.9 Å². The molecule has 0 spiro atoms. The number of nitrogens with one attached hydrogen (secondary N) is 1. The molecule has 106 valence electrons. The summed E-state index contributed by atoms with van der Waals surface area (Å²) in [5, 5.41) is 0. The molecule has 1 aromatic carbocycles. The highest BCUT2D eigenvalue weighted by atomic mass is 79.9. The van der Waals surface area contributed by atoms with Crippen molar-refractivity contribution < 1.29 is 0 Å². The molecule has 0 saturated carbocycles. The number of aryl methyl sites for hydroxylation is 3. The number of nitrogens with zero attached hydrogens (tertiary/aromatic N) is 1. The van der Waals surface area contributed by atoms with Crippen molar-refractivity contribution in [2.45, 2.75) is 33.2 Å². The van der Waals surface area contributed by atoms with Crippen LogP contribution < -0.4 is 11.3 Å². The molecule has 0 bridgehead atoms. The highest BCUT2D eigenvalue weighted by Gasteiger charge is 2.14. The molecule has 1 unspecified atom stereocenters. The standard InChI is InChI=1S/C16H20BrN3/c1-10-4-11(2)15(12(3)5-10)7-16(20-18)13-6-14(17)9-19-8-13/h4-6,8-9,16,20H,7,18H2,1-3H3. The maximum Gasteiger partial charge on any atom is 0.0516 e. The summed E-state index contributed by atoms with van der Waals surface area (Å²) >= 11 is 3.45. The highest BCUT2D eigenvalue weighted by molar-refractivity contribution is 9.10. The molecule has 2 rings (SSSR count). The lowest BCUT2D eigenvalue weighted by Crippen LogP contribution is -2.30. The summed E-state index contributed by atoms with van der Waals surface area (Å²) in [6.07, 6.45) is 4.49. The molecule has 1 aromatic heterocycles. The van der Waals surface area contributed by atoms with Crippen LogP contribution in [0, 0.1) is 20.8 Å². The van der Waals surface area contributed by atoms with Crippen molar-refractivity contribution >= 4 is 15.9 Å². The van der Waals surface area contributed by atoms with E-state index in [0.717, 1.165) is 16.5 Å². The first kappa shape index (κ1) is 15.2. The van der Waals surface area contributed by atoms with Crippen LogP contribution in [0.5, 0.6) is 0 Å². The van der Waals surface area contributed by atoms with Gasteiger partial charge >= 0.3 is 0 Å². The van der Waals surface area contributed by atoms with Crippen LogP contribution in [-0.4, -0.2) is 4.98 Å². The second kappa shape index (κ2) is 6.48. The molecule has 2 aromatic rings. The van der Waals surface area contributed by atoms with Gasteiger partial charge in [-0.15, -0.1) is 0 Å². The molecular formula is C16H20BrN3. The van der Waals surface area contributed by atoms with Crippen LogP contribution in [-0.2, 0) is 6.42 Å². The van der Waals surface area contributed by atoms with E-state index < -0.39 is 0 Å². The first-order valence-electron chi connectivity index (χ1n) is 6.64. The Balaban J connectivity index is 2.32. The summed E-state index contributed by atoms with van der Waals surface area (Å²) in [7, 11) is 0. The fourth-order valence-electron chi connectivity index (χ4n) is 2.63. The number of hydrogen-bond acceptors (Lipinski definition) is 3. The zero-order chi connectivity index (χ0) is 14.7. The predicted molar refractivity (Wildman–Crippen MR) is 86.4 cm³/mol. The lowest BCUT2D eigenvalue weighted by molar-refractivity contribution is 0.547. The predicted octanol–water partition coefficient (Wildman–Crippen LogP) is 3.52. The molecule has 1 atom stereocenters. The third kappa shape index (κ3) is 3.45. The molecule has 3 N–H and O–H groups in total. The van der Waals surface area contributed by atoms with Gasteiger partial charge in [0.05, 0.1) is 6.04 Å². The molecule has 0 aliphatic heterocycles. The molecule has 0 fully saturated rings. The van der Waals surface area contributed by atoms with Gasteiger partial charge in [-0.1, -0.05) is 17.7 Å². The van der Waals surface area contributed by atoms with Crippen molar-refractivity contribution in [2.75, 3.05) is 0 Å². The summed E-state index contributed by atoms with van der Waals surface area (Å²) in [6, 6.07) is 6.54. The van der Waals surface area contributed by atoms with E-state index in [2.05, 4.69) is 65.3 Å². The highest BCUT2D eigenvalue weighted by Crippen LogP contribution is 2.24. The third-order valence-electron chi connectivity index (χ3n) is 3.58. The van der Waals surface area contributed by atoms with Crippen molar-refractivity contribution in [3.05, 3.63) is 62.9 Å². The summed E-state index contributed by atoms with van der Waals surface area (Å²) in [4.78, 5) is 4.21. The molecule has 0 amide bonds. The first-order chi connectivity index (χ1) is 9.51. The molecule has 0 saturated heterocycles. The number of halogens is 1. The number of aromatic nitrogens is 1. The number of pyridine rings is 1. The van der Waals surface area contributed by atoms with Gasteiger partial charge in [0.2, 0.25) is 0 Å². The molecule has 0 aliphatic carbocycles. The maximum absolute atomic E-state index is 5.74. The molecule has 0 radical (unpaired) electrons. The van der Waals surface area contributed by atoms with E-state index >= 15 is 0 Å². The van der Waals surface area contributed by atoms with Gasteiger partial charge in [0, 0.05) is 16.9 Å². The SMILES string of the molecule is Cc1cc(C)c(CC(NN)c2cncc(Br)c2)c(C)c1. The van der Waals surface area contributed by atoms with Crippen LogP contribution >= 0.6 is 15.9 Å². The molecule has 3 nitrogen and oxygen atoms in total. The molecular weight excluding hydrogens is 314 g/mol. The van der Waals surface area contributed by atoms with E-state index in [0.29, 0.717) is 0 Å². The van der Waals surface area contributed by atoms with Crippen molar-refractivity contribution in [2.24, 2.45) is 5.84 Å². The zero-order valence-electron chi connectivity index (χ0n) is 12.1. The largest absolute Gasteiger partial charge is 0.271 e. The van der Waals surface area contributed by atoms with E-state index in [4.69, 9.17) is 5.84 Å². The van der Waals surface area contributed by atoms with E-state index in [-0.39, 0.29) is 6.04 Å². The Morgan fingerprint density at radius 3 is 2.35 bits per heavy atom. The Morgan fingerprint density at radius 1 is 1.15 bits per heavy atom. The first-order valence-corrected chi connectivity index (χ1v) is 7.44. The lowest BCUT2D eigenvalue weighted by Gasteiger charge is -2.19. The Labute approximate surface area is 128 Å². The molecule has 1 heterocycles. The maximum atomic E-state index is 5.74. The van der Waals surface area contributed by atoms with Gasteiger partial charge in [-0.2, -0.15) is 0 Å². The van der Waals surface area contributed by atoms with E-state index in [1.54, 1.807) is 6.20 Å². The fourth-order valence-corrected chi connectivity index (χ4v) is 3.01. The monoisotopic (exact) mass is 333 g/mol. The Kier molecular flexibility index (Phi) is 4.91. The smallest absolute Gasteiger partial charge is 0.0516 e. The molecule has 20 heavy (non-hydrogen) atoms. The molecule has 4 heteroatoms. The van der Waals surface area contributed by atoms with Crippen LogP contribution in [0.15, 0.2) is 35.1 Å². The van der Waals surface area contributed by atoms with Crippen molar-refractivity contribution in [3.8, 4) is 0 Å². The van der Waals surface area contributed by atoms with Gasteiger partial charge in [0.15, 0.2) is 0 Å². The fraction of sp³-hybridized carbons (Fsp3) is 0.312. The summed E-state index contributed by atoms with van der Waals surface area (Å²) in [6.45, 7) is 6.44. The number of rotatable bonds is 4. The van der Waals surface area contributed by atoms with Gasteiger partial charge in [0.25, 0.3) is 0 Å². The number of nitrogens with two attached hydrogens (primary N) is 1. The van der Waals surface area contributed by atoms with Crippen molar-refractivity contribution in [1.29, 1.82) is 0 Å². The van der Waals surface area contributed by atoms with E-state index in [1.165, 1.54) is 22.3 Å². The number of hydrogen-bond donors (Lipinski definition) is 2. The summed E-state index contributed by atoms with van der Waals surface area (Å²) < 4.78 is 0.965. The van der Waals surface area contributed by atoms with E-state index in [1.807, 2.05) is 6.20 Å². The minimum absolute atomic E-state index is 0.0557. The van der Waals surface area contributed by atoms with Crippen molar-refractivity contribution in [1.82, 2.24) is 10.4 Å². The van der Waals surface area contributed by atoms with Crippen molar-refractivity contribution in [3.63, 3.8) is 0 Å². The minimum atomic E-state index is 0.0557. The Hall–Kier alpha value is -1.23. The van der Waals surface area contributed by atoms with Gasteiger partial charge in [-0.05, 0) is 71.4 Å². The van der Waals surface area contributed by atoms with Gasteiger partial charge in [-0.3, -0.25) is 16.3 Å². The number of benzene rings is 1. The lowest BCUT2D eigenvalue weighted by atomic mass is 9.92. The van der Waals surface area contributed by atoms with Crippen LogP contribution in [0.25, 0.3) is 0 Å². The average molecular weight is 334 g/mol. The van der Waals surface area contributed by atoms with Crippen LogP contribution in [0.3, 0.4) is 0 Å². The second-order valence-electron chi connectivity index (χ2n) is 5.24. The van der Waals surface area contributed by atoms with Crippen LogP contribution in [0.1, 0.15) is 33.9 Å².